The van der Waals surface area contributed by atoms with Crippen LogP contribution >= 0.6 is 11.8 Å². The lowest BCUT2D eigenvalue weighted by Crippen LogP contribution is -2.37. The maximum Gasteiger partial charge on any atom is 0.0352 e. The molecule has 1 aliphatic rings. The van der Waals surface area contributed by atoms with Crippen LogP contribution < -0.4 is 5.73 Å². The molecule has 0 unspecified atom stereocenters. The van der Waals surface area contributed by atoms with Crippen LogP contribution in [0.25, 0.3) is 0 Å². The molecule has 1 aliphatic carbocycles. The lowest BCUT2D eigenvalue weighted by molar-refractivity contribution is 0.280. The normalized spacial score (nSPS) is 18.4. The number of benzene rings is 1. The Morgan fingerprint density at radius 1 is 1.31 bits per heavy atom. The van der Waals surface area contributed by atoms with E-state index in [9.17, 15) is 0 Å². The van der Waals surface area contributed by atoms with Gasteiger partial charge in [-0.3, -0.25) is 0 Å². The van der Waals surface area contributed by atoms with Crippen LogP contribution in [-0.4, -0.2) is 11.0 Å². The SMILES string of the molecule is CC(C)SCC1(c2ccccc2N)CCC1. The summed E-state index contributed by atoms with van der Waals surface area (Å²) in [6, 6.07) is 8.40. The van der Waals surface area contributed by atoms with Crippen LogP contribution in [0.5, 0.6) is 0 Å². The highest BCUT2D eigenvalue weighted by Gasteiger charge is 2.39. The Hall–Kier alpha value is -0.630. The predicted molar refractivity (Wildman–Crippen MR) is 74.0 cm³/mol. The van der Waals surface area contributed by atoms with Gasteiger partial charge in [0.25, 0.3) is 0 Å². The molecule has 1 fully saturated rings. The third-order valence-corrected chi connectivity index (χ3v) is 4.92. The van der Waals surface area contributed by atoms with Gasteiger partial charge in [-0.1, -0.05) is 38.5 Å². The van der Waals surface area contributed by atoms with Crippen molar-refractivity contribution in [3.8, 4) is 0 Å². The summed E-state index contributed by atoms with van der Waals surface area (Å²) in [4.78, 5) is 0. The minimum Gasteiger partial charge on any atom is -0.398 e. The lowest BCUT2D eigenvalue weighted by Gasteiger charge is -2.43. The van der Waals surface area contributed by atoms with Gasteiger partial charge in [-0.25, -0.2) is 0 Å². The average Bonchev–Trinajstić information content (AvgIpc) is 2.18. The first kappa shape index (κ1) is 11.8. The largest absolute Gasteiger partial charge is 0.398 e. The summed E-state index contributed by atoms with van der Waals surface area (Å²) in [6.07, 6.45) is 3.97. The lowest BCUT2D eigenvalue weighted by atomic mass is 9.65. The second kappa shape index (κ2) is 4.70. The van der Waals surface area contributed by atoms with Crippen molar-refractivity contribution in [3.63, 3.8) is 0 Å². The summed E-state index contributed by atoms with van der Waals surface area (Å²) in [5.41, 5.74) is 8.85. The second-order valence-corrected chi connectivity index (χ2v) is 6.65. The zero-order valence-electron chi connectivity index (χ0n) is 10.2. The number of thioether (sulfide) groups is 1. The van der Waals surface area contributed by atoms with Crippen LogP contribution in [-0.2, 0) is 5.41 Å². The standard InChI is InChI=1S/C14H21NS/c1-11(2)16-10-14(8-5-9-14)12-6-3-4-7-13(12)15/h3-4,6-7,11H,5,8-10,15H2,1-2H3. The number of nitrogen functional groups attached to an aromatic ring is 1. The van der Waals surface area contributed by atoms with Gasteiger partial charge in [0.15, 0.2) is 0 Å². The molecule has 0 aromatic heterocycles. The molecular weight excluding hydrogens is 214 g/mol. The van der Waals surface area contributed by atoms with Gasteiger partial charge in [-0.2, -0.15) is 11.8 Å². The van der Waals surface area contributed by atoms with Gasteiger partial charge in [0, 0.05) is 16.9 Å². The van der Waals surface area contributed by atoms with Crippen LogP contribution in [0.3, 0.4) is 0 Å². The van der Waals surface area contributed by atoms with E-state index in [2.05, 4.69) is 37.7 Å². The summed E-state index contributed by atoms with van der Waals surface area (Å²) >= 11 is 2.06. The fourth-order valence-corrected chi connectivity index (χ4v) is 3.50. The first-order valence-electron chi connectivity index (χ1n) is 6.11. The van der Waals surface area contributed by atoms with E-state index in [1.54, 1.807) is 0 Å². The van der Waals surface area contributed by atoms with E-state index < -0.39 is 0 Å². The van der Waals surface area contributed by atoms with Crippen LogP contribution in [0.1, 0.15) is 38.7 Å². The fraction of sp³-hybridized carbons (Fsp3) is 0.571. The smallest absolute Gasteiger partial charge is 0.0352 e. The highest BCUT2D eigenvalue weighted by atomic mass is 32.2. The van der Waals surface area contributed by atoms with Gasteiger partial charge in [-0.05, 0) is 29.7 Å². The number of rotatable bonds is 4. The Morgan fingerprint density at radius 2 is 2.00 bits per heavy atom. The molecule has 0 radical (unpaired) electrons. The quantitative estimate of drug-likeness (QED) is 0.803. The van der Waals surface area contributed by atoms with Crippen molar-refractivity contribution in [2.24, 2.45) is 0 Å². The third kappa shape index (κ3) is 2.22. The van der Waals surface area contributed by atoms with Gasteiger partial charge >= 0.3 is 0 Å². The van der Waals surface area contributed by atoms with E-state index in [4.69, 9.17) is 5.73 Å². The van der Waals surface area contributed by atoms with E-state index in [0.717, 1.165) is 5.69 Å². The number of para-hydroxylation sites is 1. The summed E-state index contributed by atoms with van der Waals surface area (Å²) in [5, 5.41) is 0.711. The van der Waals surface area contributed by atoms with Gasteiger partial charge < -0.3 is 5.73 Å². The molecule has 0 saturated heterocycles. The molecule has 0 spiro atoms. The molecule has 1 saturated carbocycles. The van der Waals surface area contributed by atoms with Crippen molar-refractivity contribution in [2.45, 2.75) is 43.8 Å². The van der Waals surface area contributed by atoms with Crippen molar-refractivity contribution in [1.29, 1.82) is 0 Å². The molecule has 0 bridgehead atoms. The Morgan fingerprint density at radius 3 is 2.50 bits per heavy atom. The van der Waals surface area contributed by atoms with Crippen molar-refractivity contribution in [2.75, 3.05) is 11.5 Å². The molecule has 1 aromatic rings. The molecule has 0 heterocycles. The van der Waals surface area contributed by atoms with Crippen molar-refractivity contribution >= 4 is 17.4 Å². The van der Waals surface area contributed by atoms with E-state index in [1.807, 2.05) is 12.1 Å². The Bertz CT molecular complexity index is 356. The van der Waals surface area contributed by atoms with E-state index in [-0.39, 0.29) is 0 Å². The molecule has 2 rings (SSSR count). The van der Waals surface area contributed by atoms with Crippen molar-refractivity contribution in [1.82, 2.24) is 0 Å². The highest BCUT2D eigenvalue weighted by molar-refractivity contribution is 7.99. The van der Waals surface area contributed by atoms with Gasteiger partial charge in [0.05, 0.1) is 0 Å². The monoisotopic (exact) mass is 235 g/mol. The molecule has 88 valence electrons. The van der Waals surface area contributed by atoms with E-state index >= 15 is 0 Å². The number of hydrogen-bond donors (Lipinski definition) is 1. The number of anilines is 1. The molecule has 1 nitrogen and oxygen atoms in total. The van der Waals surface area contributed by atoms with Crippen LogP contribution in [0.15, 0.2) is 24.3 Å². The van der Waals surface area contributed by atoms with E-state index in [0.29, 0.717) is 10.7 Å². The van der Waals surface area contributed by atoms with Crippen molar-refractivity contribution in [3.05, 3.63) is 29.8 Å². The first-order valence-corrected chi connectivity index (χ1v) is 7.15. The van der Waals surface area contributed by atoms with Crippen LogP contribution in [0.4, 0.5) is 5.69 Å². The average molecular weight is 235 g/mol. The Labute approximate surface area is 103 Å². The molecule has 1 aromatic carbocycles. The maximum atomic E-state index is 6.11. The predicted octanol–water partition coefficient (Wildman–Crippen LogP) is 3.83. The molecule has 16 heavy (non-hydrogen) atoms. The zero-order chi connectivity index (χ0) is 11.6. The summed E-state index contributed by atoms with van der Waals surface area (Å²) < 4.78 is 0. The third-order valence-electron chi connectivity index (χ3n) is 3.54. The topological polar surface area (TPSA) is 26.0 Å². The minimum absolute atomic E-state index is 0.375. The van der Waals surface area contributed by atoms with Gasteiger partial charge in [-0.15, -0.1) is 0 Å². The summed E-state index contributed by atoms with van der Waals surface area (Å²) in [5.74, 6) is 1.22. The fourth-order valence-electron chi connectivity index (χ4n) is 2.40. The number of nitrogens with two attached hydrogens (primary N) is 1. The maximum absolute atomic E-state index is 6.11. The molecule has 0 aliphatic heterocycles. The first-order chi connectivity index (χ1) is 7.64. The molecule has 2 N–H and O–H groups in total. The van der Waals surface area contributed by atoms with Crippen LogP contribution in [0, 0.1) is 0 Å². The minimum atomic E-state index is 0.375. The molecule has 2 heteroatoms. The van der Waals surface area contributed by atoms with Gasteiger partial charge in [0.2, 0.25) is 0 Å². The van der Waals surface area contributed by atoms with Gasteiger partial charge in [0.1, 0.15) is 0 Å². The zero-order valence-corrected chi connectivity index (χ0v) is 11.0. The Balaban J connectivity index is 2.18. The molecule has 0 atom stereocenters. The number of hydrogen-bond acceptors (Lipinski definition) is 2. The van der Waals surface area contributed by atoms with Crippen molar-refractivity contribution < 1.29 is 0 Å². The molecule has 0 amide bonds. The Kier molecular flexibility index (Phi) is 3.48. The van der Waals surface area contributed by atoms with E-state index in [1.165, 1.54) is 30.6 Å². The summed E-state index contributed by atoms with van der Waals surface area (Å²) in [6.45, 7) is 4.54. The second-order valence-electron chi connectivity index (χ2n) is 5.08. The van der Waals surface area contributed by atoms with Crippen LogP contribution in [0.2, 0.25) is 0 Å². The molecular formula is C14H21NS. The highest BCUT2D eigenvalue weighted by Crippen LogP contribution is 2.48. The summed E-state index contributed by atoms with van der Waals surface area (Å²) in [7, 11) is 0.